The maximum atomic E-state index is 11.3. The minimum Gasteiger partial charge on any atom is -0.355 e. The number of amides is 1. The molecular weight excluding hydrogens is 186 g/mol. The zero-order chi connectivity index (χ0) is 9.52. The third kappa shape index (κ3) is 4.51. The molecular formula is C10H18ClNO. The van der Waals surface area contributed by atoms with Gasteiger partial charge in [0, 0.05) is 18.8 Å². The van der Waals surface area contributed by atoms with Gasteiger partial charge >= 0.3 is 0 Å². The molecule has 1 amide bonds. The highest BCUT2D eigenvalue weighted by atomic mass is 35.5. The van der Waals surface area contributed by atoms with E-state index in [1.165, 1.54) is 32.1 Å². The van der Waals surface area contributed by atoms with Crippen LogP contribution in [0.25, 0.3) is 0 Å². The summed E-state index contributed by atoms with van der Waals surface area (Å²) < 4.78 is 0. The topological polar surface area (TPSA) is 29.1 Å². The Morgan fingerprint density at radius 1 is 1.31 bits per heavy atom. The van der Waals surface area contributed by atoms with E-state index in [2.05, 4.69) is 5.32 Å². The Balaban J connectivity index is 2.11. The lowest BCUT2D eigenvalue weighted by atomic mass is 9.87. The largest absolute Gasteiger partial charge is 0.355 e. The normalized spacial score (nSPS) is 18.5. The predicted molar refractivity (Wildman–Crippen MR) is 54.9 cm³/mol. The van der Waals surface area contributed by atoms with Crippen LogP contribution in [0, 0.1) is 5.92 Å². The van der Waals surface area contributed by atoms with Crippen molar-refractivity contribution < 1.29 is 4.79 Å². The molecule has 0 aromatic carbocycles. The third-order valence-electron chi connectivity index (χ3n) is 2.62. The van der Waals surface area contributed by atoms with Gasteiger partial charge in [-0.1, -0.05) is 19.3 Å². The van der Waals surface area contributed by atoms with Crippen LogP contribution < -0.4 is 5.32 Å². The molecule has 0 radical (unpaired) electrons. The fourth-order valence-corrected chi connectivity index (χ4v) is 2.01. The second kappa shape index (κ2) is 6.25. The number of rotatable bonds is 4. The lowest BCUT2D eigenvalue weighted by Crippen LogP contribution is -2.27. The van der Waals surface area contributed by atoms with Gasteiger partial charge in [-0.2, -0.15) is 0 Å². The Morgan fingerprint density at radius 3 is 2.62 bits per heavy atom. The number of carbonyl (C=O) groups is 1. The minimum absolute atomic E-state index is 0.174. The molecule has 0 spiro atoms. The lowest BCUT2D eigenvalue weighted by Gasteiger charge is -2.20. The summed E-state index contributed by atoms with van der Waals surface area (Å²) in [6.07, 6.45) is 7.11. The summed E-state index contributed by atoms with van der Waals surface area (Å²) in [4.78, 5) is 11.3. The van der Waals surface area contributed by atoms with E-state index in [1.54, 1.807) is 0 Å². The van der Waals surface area contributed by atoms with E-state index >= 15 is 0 Å². The fraction of sp³-hybridized carbons (Fsp3) is 0.900. The molecule has 1 N–H and O–H groups in total. The average molecular weight is 204 g/mol. The summed E-state index contributed by atoms with van der Waals surface area (Å²) in [5, 5.41) is 2.81. The molecule has 0 atom stereocenters. The molecule has 0 unspecified atom stereocenters. The first-order chi connectivity index (χ1) is 6.33. The molecule has 1 aliphatic carbocycles. The van der Waals surface area contributed by atoms with Crippen molar-refractivity contribution in [2.24, 2.45) is 5.92 Å². The lowest BCUT2D eigenvalue weighted by molar-refractivity contribution is -0.122. The zero-order valence-electron chi connectivity index (χ0n) is 8.02. The van der Waals surface area contributed by atoms with Gasteiger partial charge in [0.2, 0.25) is 5.91 Å². The van der Waals surface area contributed by atoms with Gasteiger partial charge in [0.05, 0.1) is 0 Å². The van der Waals surface area contributed by atoms with E-state index in [0.717, 1.165) is 0 Å². The van der Waals surface area contributed by atoms with Crippen LogP contribution in [0.15, 0.2) is 0 Å². The van der Waals surface area contributed by atoms with Crippen molar-refractivity contribution >= 4 is 17.5 Å². The molecule has 3 heteroatoms. The highest BCUT2D eigenvalue weighted by molar-refractivity contribution is 6.18. The minimum atomic E-state index is 0.174. The molecule has 0 aliphatic heterocycles. The Labute approximate surface area is 85.0 Å². The number of nitrogens with one attached hydrogen (secondary N) is 1. The van der Waals surface area contributed by atoms with Crippen LogP contribution in [0.2, 0.25) is 0 Å². The molecule has 0 saturated heterocycles. The van der Waals surface area contributed by atoms with E-state index < -0.39 is 0 Å². The van der Waals surface area contributed by atoms with E-state index in [-0.39, 0.29) is 5.91 Å². The third-order valence-corrected chi connectivity index (χ3v) is 2.80. The summed E-state index contributed by atoms with van der Waals surface area (Å²) in [5.74, 6) is 1.31. The van der Waals surface area contributed by atoms with Crippen molar-refractivity contribution in [2.75, 3.05) is 12.4 Å². The molecule has 0 bridgehead atoms. The number of alkyl halides is 1. The van der Waals surface area contributed by atoms with E-state index in [1.807, 2.05) is 0 Å². The fourth-order valence-electron chi connectivity index (χ4n) is 1.91. The molecule has 1 aliphatic rings. The summed E-state index contributed by atoms with van der Waals surface area (Å²) >= 11 is 5.47. The SMILES string of the molecule is O=C(CC1CCCCC1)NCCCl. The first-order valence-electron chi connectivity index (χ1n) is 5.15. The number of hydrogen-bond acceptors (Lipinski definition) is 1. The van der Waals surface area contributed by atoms with Crippen molar-refractivity contribution in [2.45, 2.75) is 38.5 Å². The molecule has 1 saturated carbocycles. The molecule has 0 heterocycles. The molecule has 0 aromatic heterocycles. The van der Waals surface area contributed by atoms with Gasteiger partial charge in [-0.3, -0.25) is 4.79 Å². The smallest absolute Gasteiger partial charge is 0.220 e. The van der Waals surface area contributed by atoms with Gasteiger partial charge in [0.1, 0.15) is 0 Å². The summed E-state index contributed by atoms with van der Waals surface area (Å²) in [6, 6.07) is 0. The van der Waals surface area contributed by atoms with Crippen molar-refractivity contribution in [3.8, 4) is 0 Å². The van der Waals surface area contributed by atoms with Gasteiger partial charge in [0.25, 0.3) is 0 Å². The molecule has 0 aromatic rings. The van der Waals surface area contributed by atoms with Gasteiger partial charge in [-0.25, -0.2) is 0 Å². The Kier molecular flexibility index (Phi) is 5.21. The van der Waals surface area contributed by atoms with Gasteiger partial charge in [0.15, 0.2) is 0 Å². The van der Waals surface area contributed by atoms with Gasteiger partial charge < -0.3 is 5.32 Å². The number of hydrogen-bond donors (Lipinski definition) is 1. The summed E-state index contributed by atoms with van der Waals surface area (Å²) in [7, 11) is 0. The maximum absolute atomic E-state index is 11.3. The highest BCUT2D eigenvalue weighted by Gasteiger charge is 2.16. The molecule has 1 fully saturated rings. The first kappa shape index (κ1) is 10.8. The van der Waals surface area contributed by atoms with Crippen LogP contribution in [0.3, 0.4) is 0 Å². The Bertz CT molecular complexity index is 155. The van der Waals surface area contributed by atoms with Crippen LogP contribution >= 0.6 is 11.6 Å². The second-order valence-corrected chi connectivity index (χ2v) is 4.13. The average Bonchev–Trinajstić information content (AvgIpc) is 2.16. The van der Waals surface area contributed by atoms with Crippen molar-refractivity contribution in [3.05, 3.63) is 0 Å². The molecule has 1 rings (SSSR count). The number of carbonyl (C=O) groups excluding carboxylic acids is 1. The van der Waals surface area contributed by atoms with Gasteiger partial charge in [-0.15, -0.1) is 11.6 Å². The standard InChI is InChI=1S/C10H18ClNO/c11-6-7-12-10(13)8-9-4-2-1-3-5-9/h9H,1-8H2,(H,12,13). The summed E-state index contributed by atoms with van der Waals surface area (Å²) in [6.45, 7) is 0.604. The predicted octanol–water partition coefficient (Wildman–Crippen LogP) is 2.31. The van der Waals surface area contributed by atoms with Crippen LogP contribution in [-0.4, -0.2) is 18.3 Å². The van der Waals surface area contributed by atoms with Gasteiger partial charge in [-0.05, 0) is 18.8 Å². The highest BCUT2D eigenvalue weighted by Crippen LogP contribution is 2.25. The zero-order valence-corrected chi connectivity index (χ0v) is 8.78. The molecule has 2 nitrogen and oxygen atoms in total. The first-order valence-corrected chi connectivity index (χ1v) is 5.69. The number of halogens is 1. The summed E-state index contributed by atoms with van der Waals surface area (Å²) in [5.41, 5.74) is 0. The van der Waals surface area contributed by atoms with Crippen LogP contribution in [0.1, 0.15) is 38.5 Å². The molecule has 76 valence electrons. The van der Waals surface area contributed by atoms with E-state index in [4.69, 9.17) is 11.6 Å². The quantitative estimate of drug-likeness (QED) is 0.699. The second-order valence-electron chi connectivity index (χ2n) is 3.75. The van der Waals surface area contributed by atoms with Crippen LogP contribution in [0.4, 0.5) is 0 Å². The van der Waals surface area contributed by atoms with Crippen molar-refractivity contribution in [1.29, 1.82) is 0 Å². The monoisotopic (exact) mass is 203 g/mol. The van der Waals surface area contributed by atoms with Crippen molar-refractivity contribution in [3.63, 3.8) is 0 Å². The maximum Gasteiger partial charge on any atom is 0.220 e. The van der Waals surface area contributed by atoms with Crippen LogP contribution in [-0.2, 0) is 4.79 Å². The molecule has 13 heavy (non-hydrogen) atoms. The van der Waals surface area contributed by atoms with Crippen molar-refractivity contribution in [1.82, 2.24) is 5.32 Å². The van der Waals surface area contributed by atoms with E-state index in [0.29, 0.717) is 24.8 Å². The van der Waals surface area contributed by atoms with Crippen LogP contribution in [0.5, 0.6) is 0 Å². The Hall–Kier alpha value is -0.240. The Morgan fingerprint density at radius 2 is 2.00 bits per heavy atom. The van der Waals surface area contributed by atoms with E-state index in [9.17, 15) is 4.79 Å².